The first-order chi connectivity index (χ1) is 13.8. The predicted molar refractivity (Wildman–Crippen MR) is 107 cm³/mol. The number of Topliss-reactive ketones (excluding diaryl/α,β-unsaturated/α-hetero) is 1. The second-order valence-electron chi connectivity index (χ2n) is 7.75. The predicted octanol–water partition coefficient (Wildman–Crippen LogP) is 2.66. The Morgan fingerprint density at radius 1 is 1.41 bits per heavy atom. The third-order valence-electron chi connectivity index (χ3n) is 5.55. The molecule has 0 unspecified atom stereocenters. The summed E-state index contributed by atoms with van der Waals surface area (Å²) < 4.78 is 12.6. The summed E-state index contributed by atoms with van der Waals surface area (Å²) in [5.74, 6) is -0.931. The van der Waals surface area contributed by atoms with Crippen LogP contribution in [0, 0.1) is 12.3 Å². The van der Waals surface area contributed by atoms with Gasteiger partial charge in [-0.25, -0.2) is 4.68 Å². The molecule has 7 nitrogen and oxygen atoms in total. The van der Waals surface area contributed by atoms with Gasteiger partial charge in [-0.1, -0.05) is 41.6 Å². The van der Waals surface area contributed by atoms with Crippen molar-refractivity contribution >= 4 is 11.8 Å². The topological polar surface area (TPSA) is 83.3 Å². The first-order valence-corrected chi connectivity index (χ1v) is 9.67. The Hall–Kier alpha value is -2.80. The van der Waals surface area contributed by atoms with Gasteiger partial charge in [0.1, 0.15) is 0 Å². The molecule has 1 saturated heterocycles. The Morgan fingerprint density at radius 3 is 2.86 bits per heavy atom. The number of benzene rings is 1. The lowest BCUT2D eigenvalue weighted by atomic mass is 9.72. The van der Waals surface area contributed by atoms with E-state index in [0.717, 1.165) is 11.3 Å². The largest absolute Gasteiger partial charge is 0.468 e. The SMILES string of the molecule is C=C1C(=O)[C@](C)(C(=O)OC)[C@@H](CCc2cn(Cc3cccc(C)c3)nn2)O[C@H]1C. The van der Waals surface area contributed by atoms with Crippen molar-refractivity contribution in [2.24, 2.45) is 5.41 Å². The lowest BCUT2D eigenvalue weighted by molar-refractivity contribution is -0.175. The summed E-state index contributed by atoms with van der Waals surface area (Å²) in [4.78, 5) is 25.2. The molecule has 1 aliphatic rings. The number of aromatic nitrogens is 3. The van der Waals surface area contributed by atoms with Crippen LogP contribution in [0.3, 0.4) is 0 Å². The highest BCUT2D eigenvalue weighted by Crippen LogP contribution is 2.39. The van der Waals surface area contributed by atoms with E-state index in [1.807, 2.05) is 18.3 Å². The lowest BCUT2D eigenvalue weighted by Crippen LogP contribution is -2.55. The van der Waals surface area contributed by atoms with Crippen molar-refractivity contribution in [3.8, 4) is 0 Å². The minimum atomic E-state index is -1.41. The molecule has 3 rings (SSSR count). The van der Waals surface area contributed by atoms with Gasteiger partial charge in [-0.05, 0) is 39.2 Å². The van der Waals surface area contributed by atoms with Crippen molar-refractivity contribution in [2.75, 3.05) is 7.11 Å². The Bertz CT molecular complexity index is 936. The average molecular weight is 397 g/mol. The molecule has 154 valence electrons. The van der Waals surface area contributed by atoms with Gasteiger partial charge in [-0.15, -0.1) is 5.10 Å². The van der Waals surface area contributed by atoms with Crippen molar-refractivity contribution in [1.29, 1.82) is 0 Å². The van der Waals surface area contributed by atoms with E-state index in [1.54, 1.807) is 18.5 Å². The summed E-state index contributed by atoms with van der Waals surface area (Å²) in [6.45, 7) is 9.80. The molecule has 0 saturated carbocycles. The fourth-order valence-electron chi connectivity index (χ4n) is 3.73. The van der Waals surface area contributed by atoms with E-state index in [9.17, 15) is 9.59 Å². The monoisotopic (exact) mass is 397 g/mol. The summed E-state index contributed by atoms with van der Waals surface area (Å²) in [5, 5.41) is 8.41. The number of carbonyl (C=O) groups is 2. The highest BCUT2D eigenvalue weighted by atomic mass is 16.5. The summed E-state index contributed by atoms with van der Waals surface area (Å²) in [6.07, 6.45) is 1.78. The van der Waals surface area contributed by atoms with Crippen LogP contribution in [0.2, 0.25) is 0 Å². The Balaban J connectivity index is 1.71. The number of nitrogens with zero attached hydrogens (tertiary/aromatic N) is 3. The number of methoxy groups -OCH3 is 1. The molecule has 1 aliphatic heterocycles. The Morgan fingerprint density at radius 2 is 2.17 bits per heavy atom. The van der Waals surface area contributed by atoms with Gasteiger partial charge >= 0.3 is 5.97 Å². The van der Waals surface area contributed by atoms with E-state index in [2.05, 4.69) is 35.9 Å². The molecule has 0 N–H and O–H groups in total. The lowest BCUT2D eigenvalue weighted by Gasteiger charge is -2.41. The van der Waals surface area contributed by atoms with E-state index in [-0.39, 0.29) is 5.78 Å². The summed E-state index contributed by atoms with van der Waals surface area (Å²) >= 11 is 0. The quantitative estimate of drug-likeness (QED) is 0.423. The molecule has 3 atom stereocenters. The van der Waals surface area contributed by atoms with Crippen LogP contribution in [0.25, 0.3) is 0 Å². The molecule has 0 spiro atoms. The molecule has 7 heteroatoms. The zero-order valence-corrected chi connectivity index (χ0v) is 17.3. The van der Waals surface area contributed by atoms with E-state index < -0.39 is 23.6 Å². The molecular formula is C22H27N3O4. The zero-order valence-electron chi connectivity index (χ0n) is 17.3. The van der Waals surface area contributed by atoms with Crippen LogP contribution < -0.4 is 0 Å². The maximum atomic E-state index is 12.8. The minimum Gasteiger partial charge on any atom is -0.468 e. The van der Waals surface area contributed by atoms with Crippen molar-refractivity contribution in [1.82, 2.24) is 15.0 Å². The molecule has 1 aromatic heterocycles. The van der Waals surface area contributed by atoms with Gasteiger partial charge in [0.15, 0.2) is 11.2 Å². The molecule has 2 aromatic rings. The number of hydrogen-bond donors (Lipinski definition) is 0. The normalized spacial score (nSPS) is 24.6. The van der Waals surface area contributed by atoms with Gasteiger partial charge < -0.3 is 9.47 Å². The highest BCUT2D eigenvalue weighted by Gasteiger charge is 2.54. The molecule has 2 heterocycles. The van der Waals surface area contributed by atoms with Gasteiger partial charge in [0, 0.05) is 11.8 Å². The molecule has 0 radical (unpaired) electrons. The Kier molecular flexibility index (Phi) is 5.98. The molecular weight excluding hydrogens is 370 g/mol. The smallest absolute Gasteiger partial charge is 0.322 e. The fourth-order valence-corrected chi connectivity index (χ4v) is 3.73. The van der Waals surface area contributed by atoms with Crippen molar-refractivity contribution in [3.05, 3.63) is 59.4 Å². The van der Waals surface area contributed by atoms with Gasteiger partial charge in [0.2, 0.25) is 0 Å². The molecule has 0 bridgehead atoms. The van der Waals surface area contributed by atoms with Crippen LogP contribution in [0.4, 0.5) is 0 Å². The first kappa shape index (κ1) is 20.9. The number of hydrogen-bond acceptors (Lipinski definition) is 6. The fraction of sp³-hybridized carbons (Fsp3) is 0.455. The van der Waals surface area contributed by atoms with Crippen LogP contribution in [-0.4, -0.2) is 46.1 Å². The second kappa shape index (κ2) is 8.29. The van der Waals surface area contributed by atoms with Gasteiger partial charge in [-0.2, -0.15) is 0 Å². The highest BCUT2D eigenvalue weighted by molar-refractivity contribution is 6.13. The van der Waals surface area contributed by atoms with Crippen LogP contribution in [0.5, 0.6) is 0 Å². The third kappa shape index (κ3) is 4.15. The van der Waals surface area contributed by atoms with Crippen LogP contribution in [0.1, 0.15) is 37.1 Å². The van der Waals surface area contributed by atoms with Crippen LogP contribution in [-0.2, 0) is 32.0 Å². The van der Waals surface area contributed by atoms with Crippen LogP contribution >= 0.6 is 0 Å². The van der Waals surface area contributed by atoms with Gasteiger partial charge in [0.05, 0.1) is 31.6 Å². The third-order valence-corrected chi connectivity index (χ3v) is 5.55. The number of esters is 1. The maximum absolute atomic E-state index is 12.8. The number of aryl methyl sites for hydroxylation is 2. The summed E-state index contributed by atoms with van der Waals surface area (Å²) in [7, 11) is 1.27. The van der Waals surface area contributed by atoms with Gasteiger partial charge in [-0.3, -0.25) is 9.59 Å². The number of ketones is 1. The second-order valence-corrected chi connectivity index (χ2v) is 7.75. The average Bonchev–Trinajstić information content (AvgIpc) is 3.14. The molecule has 0 amide bonds. The van der Waals surface area contributed by atoms with Gasteiger partial charge in [0.25, 0.3) is 0 Å². The molecule has 1 fully saturated rings. The van der Waals surface area contributed by atoms with Crippen LogP contribution in [0.15, 0.2) is 42.6 Å². The molecule has 0 aliphatic carbocycles. The van der Waals surface area contributed by atoms with Crippen molar-refractivity contribution in [2.45, 2.75) is 52.4 Å². The summed E-state index contributed by atoms with van der Waals surface area (Å²) in [5.41, 5.74) is 2.00. The minimum absolute atomic E-state index is 0.290. The number of carbonyl (C=O) groups excluding carboxylic acids is 2. The molecule has 1 aromatic carbocycles. The number of ether oxygens (including phenoxy) is 2. The van der Waals surface area contributed by atoms with E-state index in [0.29, 0.717) is 25.0 Å². The zero-order chi connectivity index (χ0) is 21.2. The van der Waals surface area contributed by atoms with E-state index >= 15 is 0 Å². The maximum Gasteiger partial charge on any atom is 0.322 e. The summed E-state index contributed by atoms with van der Waals surface area (Å²) in [6, 6.07) is 8.23. The van der Waals surface area contributed by atoms with Crippen molar-refractivity contribution < 1.29 is 19.1 Å². The molecule has 29 heavy (non-hydrogen) atoms. The van der Waals surface area contributed by atoms with E-state index in [4.69, 9.17) is 9.47 Å². The van der Waals surface area contributed by atoms with Crippen molar-refractivity contribution in [3.63, 3.8) is 0 Å². The van der Waals surface area contributed by atoms with E-state index in [1.165, 1.54) is 12.7 Å². The number of rotatable bonds is 6. The Labute approximate surface area is 170 Å². The standard InChI is InChI=1S/C22H27N3O4/c1-14-7-6-8-17(11-14)12-25-13-18(23-24-25)9-10-19-22(4,21(27)28-5)20(26)15(2)16(3)29-19/h6-8,11,13,16,19H,2,9-10,12H2,1,3-5H3/t16-,19+,22+/m0/s1. The first-order valence-electron chi connectivity index (χ1n) is 9.67.